The molecule has 1 heterocycles. The second-order valence-electron chi connectivity index (χ2n) is 14.6. The molecule has 53 heavy (non-hydrogen) atoms. The molecule has 0 spiro atoms. The van der Waals surface area contributed by atoms with Crippen LogP contribution in [-0.4, -0.2) is 0 Å². The quantitative estimate of drug-likeness (QED) is 0.167. The van der Waals surface area contributed by atoms with E-state index in [1.165, 1.54) is 71.6 Å². The summed E-state index contributed by atoms with van der Waals surface area (Å²) in [5.41, 5.74) is 11.7. The van der Waals surface area contributed by atoms with E-state index in [-0.39, 0.29) is 5.41 Å². The Morgan fingerprint density at radius 3 is 1.68 bits per heavy atom. The number of anilines is 6. The van der Waals surface area contributed by atoms with Crippen LogP contribution in [0, 0.1) is 0 Å². The predicted octanol–water partition coefficient (Wildman–Crippen LogP) is 14.4. The Morgan fingerprint density at radius 2 is 0.943 bits per heavy atom. The van der Waals surface area contributed by atoms with E-state index in [1.807, 2.05) is 0 Å². The van der Waals surface area contributed by atoms with Gasteiger partial charge in [-0.15, -0.1) is 0 Å². The van der Waals surface area contributed by atoms with Gasteiger partial charge in [0, 0.05) is 33.4 Å². The molecule has 1 aliphatic heterocycles. The topological polar surface area (TPSA) is 6.48 Å². The van der Waals surface area contributed by atoms with E-state index >= 15 is 0 Å². The average molecular weight is 679 g/mol. The van der Waals surface area contributed by atoms with E-state index in [2.05, 4.69) is 218 Å². The molecule has 0 aliphatic carbocycles. The summed E-state index contributed by atoms with van der Waals surface area (Å²) in [4.78, 5) is 4.93. The summed E-state index contributed by atoms with van der Waals surface area (Å²) >= 11 is 0. The molecule has 0 atom stereocenters. The standard InChI is InChI=1S/C51H38N2/c1-51(2)46-27-15-16-28-48(46)53(49-34-39(30-32-47(49)51)52(37-19-5-3-6-20-37)38-21-7-4-8-22-38)50-41-24-12-9-17-35(41)29-31-44(50)45-33-36-18-10-11-23-40(36)42-25-13-14-26-43(42)45/h3-34H,1-2H3. The van der Waals surface area contributed by atoms with Gasteiger partial charge in [-0.05, 0) is 92.2 Å². The lowest BCUT2D eigenvalue weighted by atomic mass is 9.73. The van der Waals surface area contributed by atoms with Gasteiger partial charge in [-0.25, -0.2) is 0 Å². The van der Waals surface area contributed by atoms with Gasteiger partial charge in [0.25, 0.3) is 0 Å². The highest BCUT2D eigenvalue weighted by Gasteiger charge is 2.38. The minimum Gasteiger partial charge on any atom is -0.310 e. The molecule has 9 aromatic carbocycles. The van der Waals surface area contributed by atoms with Gasteiger partial charge in [0.15, 0.2) is 0 Å². The van der Waals surface area contributed by atoms with Crippen LogP contribution in [0.25, 0.3) is 43.4 Å². The number of benzene rings is 9. The van der Waals surface area contributed by atoms with Crippen LogP contribution in [0.15, 0.2) is 194 Å². The van der Waals surface area contributed by atoms with Crippen LogP contribution in [-0.2, 0) is 5.41 Å². The van der Waals surface area contributed by atoms with Crippen LogP contribution >= 0.6 is 0 Å². The van der Waals surface area contributed by atoms with Gasteiger partial charge in [0.05, 0.1) is 17.1 Å². The van der Waals surface area contributed by atoms with Crippen molar-refractivity contribution >= 4 is 66.4 Å². The lowest BCUT2D eigenvalue weighted by Gasteiger charge is -2.43. The fourth-order valence-electron chi connectivity index (χ4n) is 8.68. The lowest BCUT2D eigenvalue weighted by molar-refractivity contribution is 0.632. The minimum atomic E-state index is -0.230. The van der Waals surface area contributed by atoms with E-state index in [0.29, 0.717) is 0 Å². The van der Waals surface area contributed by atoms with Gasteiger partial charge in [-0.2, -0.15) is 0 Å². The van der Waals surface area contributed by atoms with E-state index < -0.39 is 0 Å². The van der Waals surface area contributed by atoms with Gasteiger partial charge in [0.2, 0.25) is 0 Å². The molecule has 252 valence electrons. The van der Waals surface area contributed by atoms with Gasteiger partial charge in [-0.3, -0.25) is 0 Å². The number of hydrogen-bond donors (Lipinski definition) is 0. The molecule has 0 N–H and O–H groups in total. The fraction of sp³-hybridized carbons (Fsp3) is 0.0588. The molecule has 0 unspecified atom stereocenters. The van der Waals surface area contributed by atoms with E-state index in [4.69, 9.17) is 0 Å². The Bertz CT molecular complexity index is 2780. The zero-order chi connectivity index (χ0) is 35.5. The molecule has 0 fully saturated rings. The number of rotatable bonds is 5. The number of hydrogen-bond acceptors (Lipinski definition) is 2. The number of fused-ring (bicyclic) bond motifs is 6. The minimum absolute atomic E-state index is 0.230. The Balaban J connectivity index is 1.31. The maximum absolute atomic E-state index is 2.56. The van der Waals surface area contributed by atoms with E-state index in [9.17, 15) is 0 Å². The highest BCUT2D eigenvalue weighted by Crippen LogP contribution is 2.56. The van der Waals surface area contributed by atoms with Gasteiger partial charge in [-0.1, -0.05) is 159 Å². The Morgan fingerprint density at radius 1 is 0.377 bits per heavy atom. The Hall–Kier alpha value is -6.64. The molecular formula is C51H38N2. The summed E-state index contributed by atoms with van der Waals surface area (Å²) in [5.74, 6) is 0. The van der Waals surface area contributed by atoms with Crippen LogP contribution in [0.4, 0.5) is 34.1 Å². The molecule has 0 aromatic heterocycles. The number of nitrogens with zero attached hydrogens (tertiary/aromatic N) is 2. The molecule has 0 bridgehead atoms. The molecule has 10 rings (SSSR count). The summed E-state index contributed by atoms with van der Waals surface area (Å²) in [5, 5.41) is 7.47. The summed E-state index contributed by atoms with van der Waals surface area (Å²) in [6.45, 7) is 4.74. The van der Waals surface area contributed by atoms with Crippen molar-refractivity contribution in [2.45, 2.75) is 19.3 Å². The maximum Gasteiger partial charge on any atom is 0.0618 e. The Kier molecular flexibility index (Phi) is 7.19. The first-order valence-electron chi connectivity index (χ1n) is 18.4. The normalized spacial score (nSPS) is 13.2. The first-order valence-corrected chi connectivity index (χ1v) is 18.4. The summed E-state index contributed by atoms with van der Waals surface area (Å²) in [7, 11) is 0. The van der Waals surface area contributed by atoms with Crippen molar-refractivity contribution < 1.29 is 0 Å². The molecule has 0 saturated heterocycles. The van der Waals surface area contributed by atoms with Gasteiger partial charge < -0.3 is 9.80 Å². The molecule has 0 saturated carbocycles. The third kappa shape index (κ3) is 4.94. The van der Waals surface area contributed by atoms with E-state index in [1.54, 1.807) is 0 Å². The van der Waals surface area contributed by atoms with Crippen LogP contribution in [0.1, 0.15) is 25.0 Å². The Labute approximate surface area is 310 Å². The maximum atomic E-state index is 2.56. The van der Waals surface area contributed by atoms with Crippen molar-refractivity contribution in [1.82, 2.24) is 0 Å². The third-order valence-electron chi connectivity index (χ3n) is 11.2. The van der Waals surface area contributed by atoms with Crippen molar-refractivity contribution in [2.75, 3.05) is 9.80 Å². The van der Waals surface area contributed by atoms with Crippen molar-refractivity contribution in [3.63, 3.8) is 0 Å². The summed E-state index contributed by atoms with van der Waals surface area (Å²) in [6, 6.07) is 71.0. The zero-order valence-corrected chi connectivity index (χ0v) is 29.9. The molecule has 2 heteroatoms. The first kappa shape index (κ1) is 31.1. The largest absolute Gasteiger partial charge is 0.310 e. The second-order valence-corrected chi connectivity index (χ2v) is 14.6. The highest BCUT2D eigenvalue weighted by atomic mass is 15.2. The molecular weight excluding hydrogens is 641 g/mol. The fourth-order valence-corrected chi connectivity index (χ4v) is 8.68. The van der Waals surface area contributed by atoms with Crippen LogP contribution in [0.5, 0.6) is 0 Å². The van der Waals surface area contributed by atoms with Crippen LogP contribution in [0.3, 0.4) is 0 Å². The second kappa shape index (κ2) is 12.3. The van der Waals surface area contributed by atoms with Crippen molar-refractivity contribution in [1.29, 1.82) is 0 Å². The lowest BCUT2D eigenvalue weighted by Crippen LogP contribution is -2.31. The van der Waals surface area contributed by atoms with Crippen LogP contribution < -0.4 is 9.80 Å². The van der Waals surface area contributed by atoms with E-state index in [0.717, 1.165) is 17.1 Å². The monoisotopic (exact) mass is 678 g/mol. The van der Waals surface area contributed by atoms with Crippen molar-refractivity contribution in [2.24, 2.45) is 0 Å². The summed E-state index contributed by atoms with van der Waals surface area (Å²) in [6.07, 6.45) is 0. The third-order valence-corrected chi connectivity index (χ3v) is 11.2. The van der Waals surface area contributed by atoms with Crippen molar-refractivity contribution in [3.05, 3.63) is 205 Å². The molecule has 2 nitrogen and oxygen atoms in total. The smallest absolute Gasteiger partial charge is 0.0618 e. The predicted molar refractivity (Wildman–Crippen MR) is 226 cm³/mol. The van der Waals surface area contributed by atoms with Gasteiger partial charge >= 0.3 is 0 Å². The highest BCUT2D eigenvalue weighted by molar-refractivity contribution is 6.17. The zero-order valence-electron chi connectivity index (χ0n) is 29.9. The molecule has 0 amide bonds. The molecule has 9 aromatic rings. The van der Waals surface area contributed by atoms with Crippen LogP contribution in [0.2, 0.25) is 0 Å². The number of para-hydroxylation sites is 3. The summed E-state index contributed by atoms with van der Waals surface area (Å²) < 4.78 is 0. The first-order chi connectivity index (χ1) is 26.1. The molecule has 0 radical (unpaired) electrons. The van der Waals surface area contributed by atoms with Gasteiger partial charge in [0.1, 0.15) is 0 Å². The van der Waals surface area contributed by atoms with Crippen molar-refractivity contribution in [3.8, 4) is 11.1 Å². The average Bonchev–Trinajstić information content (AvgIpc) is 3.21. The molecule has 1 aliphatic rings. The SMILES string of the molecule is CC1(C)c2ccccc2N(c2c(-c3cc4ccccc4c4ccccc34)ccc3ccccc23)c2cc(N(c3ccccc3)c3ccccc3)ccc21.